The van der Waals surface area contributed by atoms with Gasteiger partial charge in [-0.15, -0.1) is 0 Å². The van der Waals surface area contributed by atoms with Crippen LogP contribution in [0, 0.1) is 5.92 Å². The molecule has 0 radical (unpaired) electrons. The van der Waals surface area contributed by atoms with Gasteiger partial charge >= 0.3 is 5.97 Å². The molecule has 0 aromatic rings. The van der Waals surface area contributed by atoms with Crippen LogP contribution in [0.3, 0.4) is 0 Å². The van der Waals surface area contributed by atoms with E-state index in [0.29, 0.717) is 13.1 Å². The predicted octanol–water partition coefficient (Wildman–Crippen LogP) is 0.966. The first-order valence-electron chi connectivity index (χ1n) is 4.53. The molecule has 76 valence electrons. The van der Waals surface area contributed by atoms with E-state index >= 15 is 0 Å². The summed E-state index contributed by atoms with van der Waals surface area (Å²) < 4.78 is 0. The largest absolute Gasteiger partial charge is 0.481 e. The molecular weight excluding hydrogens is 170 g/mol. The van der Waals surface area contributed by atoms with Gasteiger partial charge in [-0.1, -0.05) is 6.92 Å². The molecule has 0 saturated heterocycles. The van der Waals surface area contributed by atoms with Gasteiger partial charge in [0.1, 0.15) is 0 Å². The van der Waals surface area contributed by atoms with Crippen molar-refractivity contribution in [1.29, 1.82) is 0 Å². The Morgan fingerprint density at radius 1 is 1.31 bits per heavy atom. The van der Waals surface area contributed by atoms with Crippen LogP contribution in [-0.4, -0.2) is 35.0 Å². The van der Waals surface area contributed by atoms with Crippen LogP contribution in [-0.2, 0) is 9.59 Å². The standard InChI is InChI=1S/C9H17NO3/c1-4-10(5-2)9(13)7(3)6-8(11)12/h7H,4-6H2,1-3H3,(H,11,12). The van der Waals surface area contributed by atoms with Crippen LogP contribution in [0.4, 0.5) is 0 Å². The highest BCUT2D eigenvalue weighted by atomic mass is 16.4. The molecule has 0 aromatic carbocycles. The summed E-state index contributed by atoms with van der Waals surface area (Å²) in [5.41, 5.74) is 0. The fourth-order valence-electron chi connectivity index (χ4n) is 1.20. The highest BCUT2D eigenvalue weighted by Gasteiger charge is 2.20. The lowest BCUT2D eigenvalue weighted by molar-refractivity contribution is -0.143. The molecule has 0 aliphatic carbocycles. The molecule has 0 aliphatic heterocycles. The molecule has 0 aliphatic rings. The van der Waals surface area contributed by atoms with Crippen LogP contribution in [0.1, 0.15) is 27.2 Å². The minimum absolute atomic E-state index is 0.0765. The maximum atomic E-state index is 11.5. The van der Waals surface area contributed by atoms with Crippen LogP contribution in [0.15, 0.2) is 0 Å². The van der Waals surface area contributed by atoms with Gasteiger partial charge < -0.3 is 10.0 Å². The molecule has 4 heteroatoms. The van der Waals surface area contributed by atoms with Crippen LogP contribution in [0.5, 0.6) is 0 Å². The smallest absolute Gasteiger partial charge is 0.304 e. The number of amides is 1. The van der Waals surface area contributed by atoms with Crippen LogP contribution in [0.25, 0.3) is 0 Å². The van der Waals surface area contributed by atoms with E-state index in [0.717, 1.165) is 0 Å². The van der Waals surface area contributed by atoms with Crippen molar-refractivity contribution in [2.75, 3.05) is 13.1 Å². The van der Waals surface area contributed by atoms with Crippen molar-refractivity contribution < 1.29 is 14.7 Å². The Kier molecular flexibility index (Phi) is 5.11. The molecule has 0 spiro atoms. The number of carboxylic acids is 1. The lowest BCUT2D eigenvalue weighted by Gasteiger charge is -2.21. The van der Waals surface area contributed by atoms with Gasteiger partial charge in [-0.25, -0.2) is 0 Å². The normalized spacial score (nSPS) is 12.2. The van der Waals surface area contributed by atoms with E-state index in [9.17, 15) is 9.59 Å². The molecule has 1 unspecified atom stereocenters. The zero-order chi connectivity index (χ0) is 10.4. The number of carbonyl (C=O) groups is 2. The molecule has 0 saturated carbocycles. The number of hydrogen-bond acceptors (Lipinski definition) is 2. The van der Waals surface area contributed by atoms with Crippen molar-refractivity contribution in [3.63, 3.8) is 0 Å². The molecule has 1 N–H and O–H groups in total. The predicted molar refractivity (Wildman–Crippen MR) is 49.3 cm³/mol. The van der Waals surface area contributed by atoms with Crippen molar-refractivity contribution in [3.05, 3.63) is 0 Å². The van der Waals surface area contributed by atoms with E-state index in [-0.39, 0.29) is 12.3 Å². The zero-order valence-electron chi connectivity index (χ0n) is 8.41. The third kappa shape index (κ3) is 3.92. The molecular formula is C9H17NO3. The Hall–Kier alpha value is -1.06. The molecule has 1 atom stereocenters. The summed E-state index contributed by atoms with van der Waals surface area (Å²) in [6, 6.07) is 0. The summed E-state index contributed by atoms with van der Waals surface area (Å²) in [7, 11) is 0. The summed E-state index contributed by atoms with van der Waals surface area (Å²) in [4.78, 5) is 23.5. The molecule has 0 rings (SSSR count). The maximum absolute atomic E-state index is 11.5. The zero-order valence-corrected chi connectivity index (χ0v) is 8.41. The van der Waals surface area contributed by atoms with Gasteiger partial charge in [-0.05, 0) is 13.8 Å². The van der Waals surface area contributed by atoms with Crippen molar-refractivity contribution in [2.24, 2.45) is 5.92 Å². The van der Waals surface area contributed by atoms with Crippen molar-refractivity contribution in [2.45, 2.75) is 27.2 Å². The van der Waals surface area contributed by atoms with Gasteiger partial charge in [0, 0.05) is 19.0 Å². The van der Waals surface area contributed by atoms with E-state index in [1.807, 2.05) is 13.8 Å². The number of carboxylic acid groups (broad SMARTS) is 1. The van der Waals surface area contributed by atoms with E-state index in [2.05, 4.69) is 0 Å². The lowest BCUT2D eigenvalue weighted by atomic mass is 10.1. The SMILES string of the molecule is CCN(CC)C(=O)C(C)CC(=O)O. The Labute approximate surface area is 78.5 Å². The lowest BCUT2D eigenvalue weighted by Crippen LogP contribution is -2.35. The van der Waals surface area contributed by atoms with Gasteiger partial charge in [0.2, 0.25) is 5.91 Å². The van der Waals surface area contributed by atoms with Crippen molar-refractivity contribution in [1.82, 2.24) is 4.90 Å². The van der Waals surface area contributed by atoms with Crippen molar-refractivity contribution in [3.8, 4) is 0 Å². The Bertz CT molecular complexity index is 187. The molecule has 13 heavy (non-hydrogen) atoms. The van der Waals surface area contributed by atoms with Crippen LogP contribution < -0.4 is 0 Å². The highest BCUT2D eigenvalue weighted by molar-refractivity contribution is 5.82. The molecule has 0 fully saturated rings. The molecule has 1 amide bonds. The Morgan fingerprint density at radius 2 is 1.77 bits per heavy atom. The number of hydrogen-bond donors (Lipinski definition) is 1. The number of aliphatic carboxylic acids is 1. The van der Waals surface area contributed by atoms with Crippen molar-refractivity contribution >= 4 is 11.9 Å². The number of rotatable bonds is 5. The summed E-state index contributed by atoms with van der Waals surface area (Å²) >= 11 is 0. The molecule has 4 nitrogen and oxygen atoms in total. The van der Waals surface area contributed by atoms with Crippen LogP contribution in [0.2, 0.25) is 0 Å². The Balaban J connectivity index is 4.14. The molecule has 0 heterocycles. The summed E-state index contributed by atoms with van der Waals surface area (Å²) in [5.74, 6) is -1.42. The van der Waals surface area contributed by atoms with Gasteiger partial charge in [-0.2, -0.15) is 0 Å². The van der Waals surface area contributed by atoms with Gasteiger partial charge in [0.25, 0.3) is 0 Å². The average Bonchev–Trinajstić information content (AvgIpc) is 2.05. The van der Waals surface area contributed by atoms with Gasteiger partial charge in [0.05, 0.1) is 6.42 Å². The quantitative estimate of drug-likeness (QED) is 0.697. The topological polar surface area (TPSA) is 57.6 Å². The molecule has 0 aromatic heterocycles. The van der Waals surface area contributed by atoms with E-state index < -0.39 is 11.9 Å². The van der Waals surface area contributed by atoms with E-state index in [4.69, 9.17) is 5.11 Å². The highest BCUT2D eigenvalue weighted by Crippen LogP contribution is 2.06. The summed E-state index contributed by atoms with van der Waals surface area (Å²) in [6.45, 7) is 6.69. The second-order valence-corrected chi connectivity index (χ2v) is 3.01. The third-order valence-corrected chi connectivity index (χ3v) is 1.98. The maximum Gasteiger partial charge on any atom is 0.304 e. The third-order valence-electron chi connectivity index (χ3n) is 1.98. The van der Waals surface area contributed by atoms with E-state index in [1.54, 1.807) is 11.8 Å². The average molecular weight is 187 g/mol. The van der Waals surface area contributed by atoms with Gasteiger partial charge in [-0.3, -0.25) is 9.59 Å². The second kappa shape index (κ2) is 5.56. The van der Waals surface area contributed by atoms with Crippen LogP contribution >= 0.6 is 0 Å². The van der Waals surface area contributed by atoms with Gasteiger partial charge in [0.15, 0.2) is 0 Å². The first-order valence-corrected chi connectivity index (χ1v) is 4.53. The number of carbonyl (C=O) groups excluding carboxylic acids is 1. The summed E-state index contributed by atoms with van der Waals surface area (Å²) in [6.07, 6.45) is -0.0880. The summed E-state index contributed by atoms with van der Waals surface area (Å²) in [5, 5.41) is 8.49. The minimum Gasteiger partial charge on any atom is -0.481 e. The second-order valence-electron chi connectivity index (χ2n) is 3.01. The Morgan fingerprint density at radius 3 is 2.08 bits per heavy atom. The van der Waals surface area contributed by atoms with E-state index in [1.165, 1.54) is 0 Å². The molecule has 0 bridgehead atoms. The first kappa shape index (κ1) is 11.9. The fourth-order valence-corrected chi connectivity index (χ4v) is 1.20. The number of nitrogens with zero attached hydrogens (tertiary/aromatic N) is 1. The first-order chi connectivity index (χ1) is 6.02. The monoisotopic (exact) mass is 187 g/mol. The fraction of sp³-hybridized carbons (Fsp3) is 0.778. The minimum atomic E-state index is -0.923.